The second-order valence-electron chi connectivity index (χ2n) is 7.17. The molecule has 1 aromatic rings. The Morgan fingerprint density at radius 1 is 1.35 bits per heavy atom. The van der Waals surface area contributed by atoms with Crippen LogP contribution in [-0.4, -0.2) is 66.8 Å². The van der Waals surface area contributed by atoms with Gasteiger partial charge in [-0.1, -0.05) is 0 Å². The average molecular weight is 460 g/mol. The lowest BCUT2D eigenvalue weighted by Gasteiger charge is -2.25. The molecule has 11 nitrogen and oxygen atoms in total. The van der Waals surface area contributed by atoms with E-state index in [2.05, 4.69) is 11.2 Å². The number of amides is 1. The van der Waals surface area contributed by atoms with Crippen molar-refractivity contribution in [1.29, 1.82) is 0 Å². The highest BCUT2D eigenvalue weighted by molar-refractivity contribution is 7.85. The third-order valence-corrected chi connectivity index (χ3v) is 5.10. The topological polar surface area (TPSA) is 151 Å². The summed E-state index contributed by atoms with van der Waals surface area (Å²) in [6.45, 7) is 1.93. The summed E-state index contributed by atoms with van der Waals surface area (Å²) in [6, 6.07) is 0. The number of aliphatic hydroxyl groups excluding tert-OH is 1. The average Bonchev–Trinajstić information content (AvgIpc) is 3.16. The quantitative estimate of drug-likeness (QED) is 0.123. The zero-order valence-electron chi connectivity index (χ0n) is 17.5. The van der Waals surface area contributed by atoms with Gasteiger partial charge in [0.25, 0.3) is 0 Å². The molecule has 1 atom stereocenters. The van der Waals surface area contributed by atoms with Crippen molar-refractivity contribution < 1.29 is 41.7 Å². The minimum atomic E-state index is -4.21. The standard InChI is InChI=1S/C19H29N3O8S/c1-3-4-12-29-18(25)30-15-19(2,14-23)17(24)20-7-5-8-21-10-11-22(16-21)9-6-13-31(26,27)28/h1,10-11,16,23H,4-9,12-15H2,2H3,(H-,20,24,26,27,28). The molecule has 1 heterocycles. The Morgan fingerprint density at radius 2 is 2.10 bits per heavy atom. The highest BCUT2D eigenvalue weighted by Gasteiger charge is 2.34. The zero-order valence-corrected chi connectivity index (χ0v) is 18.3. The van der Waals surface area contributed by atoms with E-state index in [1.807, 2.05) is 4.57 Å². The number of terminal acetylenes is 1. The van der Waals surface area contributed by atoms with Gasteiger partial charge in [-0.3, -0.25) is 4.79 Å². The zero-order chi connectivity index (χ0) is 23.3. The second-order valence-corrected chi connectivity index (χ2v) is 8.70. The maximum atomic E-state index is 12.4. The molecule has 1 rings (SSSR count). The highest BCUT2D eigenvalue weighted by Crippen LogP contribution is 2.16. The summed E-state index contributed by atoms with van der Waals surface area (Å²) in [6.07, 6.45) is 10.5. The summed E-state index contributed by atoms with van der Waals surface area (Å²) in [5.74, 6) is 1.43. The van der Waals surface area contributed by atoms with Crippen LogP contribution in [0.4, 0.5) is 4.79 Å². The number of rotatable bonds is 14. The first-order valence-corrected chi connectivity index (χ1v) is 11.3. The maximum Gasteiger partial charge on any atom is 0.508 e. The largest absolute Gasteiger partial charge is 0.748 e. The lowest BCUT2D eigenvalue weighted by molar-refractivity contribution is -0.696. The van der Waals surface area contributed by atoms with Gasteiger partial charge in [0, 0.05) is 25.1 Å². The van der Waals surface area contributed by atoms with Crippen LogP contribution in [-0.2, 0) is 37.5 Å². The normalized spacial score (nSPS) is 13.1. The van der Waals surface area contributed by atoms with Crippen LogP contribution < -0.4 is 9.88 Å². The SMILES string of the molecule is C#CCCOC(=O)OCC(C)(CO)C(=O)NCCC[n+]1ccn(CCCS(=O)(=O)[O-])c1. The van der Waals surface area contributed by atoms with E-state index in [-0.39, 0.29) is 26.1 Å². The van der Waals surface area contributed by atoms with Gasteiger partial charge in [0.2, 0.25) is 12.2 Å². The molecule has 0 aliphatic rings. The van der Waals surface area contributed by atoms with E-state index in [0.29, 0.717) is 26.1 Å². The van der Waals surface area contributed by atoms with Gasteiger partial charge in [-0.15, -0.1) is 12.3 Å². The molecule has 1 aromatic heterocycles. The van der Waals surface area contributed by atoms with Crippen LogP contribution in [0.5, 0.6) is 0 Å². The molecule has 0 radical (unpaired) electrons. The van der Waals surface area contributed by atoms with E-state index in [4.69, 9.17) is 15.9 Å². The maximum absolute atomic E-state index is 12.4. The Labute approximate surface area is 182 Å². The van der Waals surface area contributed by atoms with Gasteiger partial charge >= 0.3 is 6.16 Å². The Balaban J connectivity index is 2.34. The molecule has 0 spiro atoms. The van der Waals surface area contributed by atoms with E-state index < -0.39 is 40.0 Å². The summed E-state index contributed by atoms with van der Waals surface area (Å²) in [7, 11) is -4.21. The minimum absolute atomic E-state index is 0.00844. The molecule has 31 heavy (non-hydrogen) atoms. The molecule has 174 valence electrons. The lowest BCUT2D eigenvalue weighted by Crippen LogP contribution is -2.46. The van der Waals surface area contributed by atoms with Crippen molar-refractivity contribution >= 4 is 22.2 Å². The molecule has 0 aromatic carbocycles. The van der Waals surface area contributed by atoms with Crippen molar-refractivity contribution in [3.8, 4) is 12.3 Å². The molecular weight excluding hydrogens is 430 g/mol. The van der Waals surface area contributed by atoms with Crippen LogP contribution in [0.25, 0.3) is 0 Å². The molecule has 0 fully saturated rings. The number of carbonyl (C=O) groups excluding carboxylic acids is 2. The summed E-state index contributed by atoms with van der Waals surface area (Å²) in [5, 5.41) is 12.3. The fourth-order valence-electron chi connectivity index (χ4n) is 2.44. The summed E-state index contributed by atoms with van der Waals surface area (Å²) < 4.78 is 45.1. The monoisotopic (exact) mass is 459 g/mol. The van der Waals surface area contributed by atoms with E-state index >= 15 is 0 Å². The molecule has 1 unspecified atom stereocenters. The number of imidazole rings is 1. The molecule has 1 amide bonds. The Kier molecular flexibility index (Phi) is 11.0. The van der Waals surface area contributed by atoms with Gasteiger partial charge < -0.3 is 24.4 Å². The predicted molar refractivity (Wildman–Crippen MR) is 107 cm³/mol. The Hall–Kier alpha value is -2.62. The van der Waals surface area contributed by atoms with Crippen LogP contribution in [0.1, 0.15) is 26.2 Å². The van der Waals surface area contributed by atoms with Gasteiger partial charge in [-0.05, 0) is 13.3 Å². The van der Waals surface area contributed by atoms with Crippen molar-refractivity contribution in [2.24, 2.45) is 5.41 Å². The van der Waals surface area contributed by atoms with E-state index in [1.165, 1.54) is 6.92 Å². The van der Waals surface area contributed by atoms with Gasteiger partial charge in [0.05, 0.1) is 29.8 Å². The number of nitrogens with zero attached hydrogens (tertiary/aromatic N) is 2. The number of aliphatic hydroxyl groups is 1. The third kappa shape index (κ3) is 10.8. The van der Waals surface area contributed by atoms with Crippen molar-refractivity contribution in [2.75, 3.05) is 32.1 Å². The van der Waals surface area contributed by atoms with E-state index in [1.54, 1.807) is 23.3 Å². The van der Waals surface area contributed by atoms with Crippen LogP contribution in [0.2, 0.25) is 0 Å². The number of carbonyl (C=O) groups is 2. The molecule has 2 N–H and O–H groups in total. The molecule has 0 aliphatic heterocycles. The number of aromatic nitrogens is 2. The first-order chi connectivity index (χ1) is 14.6. The van der Waals surface area contributed by atoms with Crippen LogP contribution >= 0.6 is 0 Å². The molecule has 0 aliphatic carbocycles. The van der Waals surface area contributed by atoms with Gasteiger partial charge in [-0.25, -0.2) is 22.3 Å². The van der Waals surface area contributed by atoms with Gasteiger partial charge in [0.1, 0.15) is 31.0 Å². The second kappa shape index (κ2) is 12.9. The first-order valence-electron chi connectivity index (χ1n) is 9.70. The smallest absolute Gasteiger partial charge is 0.508 e. The number of nitrogens with one attached hydrogen (secondary N) is 1. The number of hydrogen-bond acceptors (Lipinski definition) is 8. The van der Waals surface area contributed by atoms with Crippen LogP contribution in [0.3, 0.4) is 0 Å². The molecule has 0 saturated heterocycles. The Bertz CT molecular complexity index is 862. The van der Waals surface area contributed by atoms with Gasteiger partial charge in [0.15, 0.2) is 0 Å². The number of ether oxygens (including phenoxy) is 2. The van der Waals surface area contributed by atoms with Crippen molar-refractivity contribution in [1.82, 2.24) is 9.88 Å². The summed E-state index contributed by atoms with van der Waals surface area (Å²) in [4.78, 5) is 23.8. The van der Waals surface area contributed by atoms with Crippen molar-refractivity contribution in [2.45, 2.75) is 39.3 Å². The fourth-order valence-corrected chi connectivity index (χ4v) is 2.92. The Morgan fingerprint density at radius 3 is 2.74 bits per heavy atom. The number of hydrogen-bond donors (Lipinski definition) is 2. The summed E-state index contributed by atoms with van der Waals surface area (Å²) >= 11 is 0. The molecule has 0 bridgehead atoms. The van der Waals surface area contributed by atoms with Crippen LogP contribution in [0.15, 0.2) is 18.7 Å². The van der Waals surface area contributed by atoms with Crippen LogP contribution in [0, 0.1) is 17.8 Å². The van der Waals surface area contributed by atoms with Crippen molar-refractivity contribution in [3.05, 3.63) is 18.7 Å². The third-order valence-electron chi connectivity index (χ3n) is 4.31. The summed E-state index contributed by atoms with van der Waals surface area (Å²) in [5.41, 5.74) is -1.32. The van der Waals surface area contributed by atoms with Crippen molar-refractivity contribution in [3.63, 3.8) is 0 Å². The number of aryl methyl sites for hydroxylation is 2. The lowest BCUT2D eigenvalue weighted by atomic mass is 9.92. The first kappa shape index (κ1) is 26.4. The molecule has 12 heteroatoms. The fraction of sp³-hybridized carbons (Fsp3) is 0.632. The van der Waals surface area contributed by atoms with E-state index in [0.717, 1.165) is 0 Å². The highest BCUT2D eigenvalue weighted by atomic mass is 32.2. The molecule has 0 saturated carbocycles. The molecular formula is C19H29N3O8S. The van der Waals surface area contributed by atoms with Gasteiger partial charge in [-0.2, -0.15) is 0 Å². The predicted octanol–water partition coefficient (Wildman–Crippen LogP) is -0.608. The van der Waals surface area contributed by atoms with E-state index in [9.17, 15) is 27.7 Å². The minimum Gasteiger partial charge on any atom is -0.748 e.